The van der Waals surface area contributed by atoms with Crippen LogP contribution in [0.3, 0.4) is 0 Å². The highest BCUT2D eigenvalue weighted by Crippen LogP contribution is 2.20. The Morgan fingerprint density at radius 3 is 2.75 bits per heavy atom. The summed E-state index contributed by atoms with van der Waals surface area (Å²) in [6.07, 6.45) is 1.99. The fourth-order valence-corrected chi connectivity index (χ4v) is 3.14. The molecule has 8 nitrogen and oxygen atoms in total. The Balaban J connectivity index is 1.71. The second-order valence-corrected chi connectivity index (χ2v) is 6.95. The number of hydrogen-bond donors (Lipinski definition) is 0. The van der Waals surface area contributed by atoms with Gasteiger partial charge in [-0.05, 0) is 42.3 Å². The van der Waals surface area contributed by atoms with Crippen molar-refractivity contribution < 1.29 is 9.53 Å². The number of esters is 1. The molecule has 0 fully saturated rings. The van der Waals surface area contributed by atoms with Crippen molar-refractivity contribution in [3.63, 3.8) is 0 Å². The van der Waals surface area contributed by atoms with Crippen LogP contribution in [0.25, 0.3) is 0 Å². The molecular weight excluding hydrogens is 380 g/mol. The lowest BCUT2D eigenvalue weighted by Gasteiger charge is -2.08. The van der Waals surface area contributed by atoms with Gasteiger partial charge in [0.2, 0.25) is 0 Å². The van der Waals surface area contributed by atoms with E-state index < -0.39 is 5.97 Å². The van der Waals surface area contributed by atoms with Gasteiger partial charge in [-0.3, -0.25) is 4.68 Å². The topological polar surface area (TPSA) is 87.7 Å². The molecule has 0 atom stereocenters. The molecule has 0 aliphatic rings. The highest BCUT2D eigenvalue weighted by Gasteiger charge is 2.21. The number of carbonyl (C=O) groups excluding carboxylic acids is 1. The molecule has 148 valence electrons. The molecule has 0 saturated carbocycles. The van der Waals surface area contributed by atoms with Crippen LogP contribution in [0.15, 0.2) is 24.3 Å². The number of carbonyl (C=O) groups is 1. The van der Waals surface area contributed by atoms with Crippen molar-refractivity contribution in [2.45, 2.75) is 53.3 Å². The second kappa shape index (κ2) is 8.97. The number of aryl methyl sites for hydroxylation is 2. The lowest BCUT2D eigenvalue weighted by Crippen LogP contribution is -2.13. The molecule has 0 saturated heterocycles. The summed E-state index contributed by atoms with van der Waals surface area (Å²) in [6.45, 7) is 6.93. The van der Waals surface area contributed by atoms with Crippen LogP contribution in [-0.2, 0) is 24.4 Å². The van der Waals surface area contributed by atoms with Crippen LogP contribution in [0, 0.1) is 13.8 Å². The summed E-state index contributed by atoms with van der Waals surface area (Å²) < 4.78 is 8.89. The van der Waals surface area contributed by atoms with E-state index in [4.69, 9.17) is 16.3 Å². The summed E-state index contributed by atoms with van der Waals surface area (Å²) in [4.78, 5) is 12.7. The molecule has 0 aliphatic carbocycles. The van der Waals surface area contributed by atoms with Gasteiger partial charge in [0, 0.05) is 11.6 Å². The third kappa shape index (κ3) is 4.39. The van der Waals surface area contributed by atoms with Crippen LogP contribution in [0.2, 0.25) is 5.02 Å². The maximum atomic E-state index is 12.7. The van der Waals surface area contributed by atoms with Crippen molar-refractivity contribution in [2.24, 2.45) is 0 Å². The van der Waals surface area contributed by atoms with Gasteiger partial charge in [-0.2, -0.15) is 5.10 Å². The van der Waals surface area contributed by atoms with Crippen molar-refractivity contribution in [1.82, 2.24) is 30.0 Å². The van der Waals surface area contributed by atoms with Gasteiger partial charge in [0.1, 0.15) is 5.56 Å². The molecule has 0 aliphatic heterocycles. The average molecular weight is 403 g/mol. The summed E-state index contributed by atoms with van der Waals surface area (Å²) in [5.41, 5.74) is 2.73. The zero-order valence-electron chi connectivity index (χ0n) is 16.2. The smallest absolute Gasteiger partial charge is 0.342 e. The van der Waals surface area contributed by atoms with E-state index in [1.165, 1.54) is 0 Å². The minimum atomic E-state index is -0.439. The van der Waals surface area contributed by atoms with Gasteiger partial charge >= 0.3 is 5.97 Å². The summed E-state index contributed by atoms with van der Waals surface area (Å²) in [6, 6.07) is 7.57. The lowest BCUT2D eigenvalue weighted by molar-refractivity contribution is 0.0454. The molecule has 2 aromatic heterocycles. The van der Waals surface area contributed by atoms with Crippen LogP contribution in [-0.4, -0.2) is 36.0 Å². The number of hydrogen-bond acceptors (Lipinski definition) is 6. The summed E-state index contributed by atoms with van der Waals surface area (Å²) >= 11 is 6.24. The summed E-state index contributed by atoms with van der Waals surface area (Å²) in [5, 5.41) is 16.7. The first-order chi connectivity index (χ1) is 13.5. The third-order valence-electron chi connectivity index (χ3n) is 4.53. The standard InChI is InChI=1S/C19H23ClN6O2/c1-4-5-10-25-17(21-23-24-25)12-28-19(27)18-13(2)22-26(14(18)3)11-15-8-6-7-9-16(15)20/h6-9H,4-5,10-12H2,1-3H3. The molecule has 0 N–H and O–H groups in total. The van der Waals surface area contributed by atoms with E-state index in [9.17, 15) is 4.79 Å². The predicted molar refractivity (Wildman–Crippen MR) is 104 cm³/mol. The number of benzene rings is 1. The van der Waals surface area contributed by atoms with Gasteiger partial charge in [-0.25, -0.2) is 9.48 Å². The summed E-state index contributed by atoms with van der Waals surface area (Å²) in [7, 11) is 0. The second-order valence-electron chi connectivity index (χ2n) is 6.54. The van der Waals surface area contributed by atoms with Crippen LogP contribution in [0.1, 0.15) is 52.9 Å². The fraction of sp³-hybridized carbons (Fsp3) is 0.421. The Labute approximate surface area is 168 Å². The van der Waals surface area contributed by atoms with Gasteiger partial charge in [-0.1, -0.05) is 43.1 Å². The molecule has 0 bridgehead atoms. The maximum absolute atomic E-state index is 12.7. The van der Waals surface area contributed by atoms with E-state index in [1.807, 2.05) is 31.2 Å². The number of halogens is 1. The monoisotopic (exact) mass is 402 g/mol. The molecule has 28 heavy (non-hydrogen) atoms. The number of nitrogens with zero attached hydrogens (tertiary/aromatic N) is 6. The van der Waals surface area contributed by atoms with Gasteiger partial charge in [0.15, 0.2) is 12.4 Å². The first-order valence-electron chi connectivity index (χ1n) is 9.20. The van der Waals surface area contributed by atoms with Crippen LogP contribution < -0.4 is 0 Å². The molecule has 0 unspecified atom stereocenters. The minimum absolute atomic E-state index is 0.0180. The molecule has 3 aromatic rings. The Hall–Kier alpha value is -2.74. The highest BCUT2D eigenvalue weighted by molar-refractivity contribution is 6.31. The third-order valence-corrected chi connectivity index (χ3v) is 4.89. The Morgan fingerprint density at radius 1 is 1.21 bits per heavy atom. The van der Waals surface area contributed by atoms with Crippen molar-refractivity contribution in [2.75, 3.05) is 0 Å². The fourth-order valence-electron chi connectivity index (χ4n) is 2.94. The molecule has 1 aromatic carbocycles. The summed E-state index contributed by atoms with van der Waals surface area (Å²) in [5.74, 6) is 0.0889. The minimum Gasteiger partial charge on any atom is -0.454 e. The molecule has 0 amide bonds. The van der Waals surface area contributed by atoms with Crippen molar-refractivity contribution in [1.29, 1.82) is 0 Å². The van der Waals surface area contributed by atoms with Crippen LogP contribution in [0.4, 0.5) is 0 Å². The number of aromatic nitrogens is 6. The molecular formula is C19H23ClN6O2. The Bertz CT molecular complexity index is 965. The van der Waals surface area contributed by atoms with Crippen molar-refractivity contribution >= 4 is 17.6 Å². The average Bonchev–Trinajstić information content (AvgIpc) is 3.23. The van der Waals surface area contributed by atoms with Crippen molar-refractivity contribution in [3.8, 4) is 0 Å². The largest absolute Gasteiger partial charge is 0.454 e. The van der Waals surface area contributed by atoms with Gasteiger partial charge < -0.3 is 4.74 Å². The van der Waals surface area contributed by atoms with Crippen molar-refractivity contribution in [3.05, 3.63) is 57.6 Å². The van der Waals surface area contributed by atoms with Crippen LogP contribution in [0.5, 0.6) is 0 Å². The highest BCUT2D eigenvalue weighted by atomic mass is 35.5. The number of unbranched alkanes of at least 4 members (excludes halogenated alkanes) is 1. The molecule has 0 radical (unpaired) electrons. The SMILES string of the molecule is CCCCn1nnnc1COC(=O)c1c(C)nn(Cc2ccccc2Cl)c1C. The van der Waals surface area contributed by atoms with E-state index in [-0.39, 0.29) is 6.61 Å². The van der Waals surface area contributed by atoms with E-state index >= 15 is 0 Å². The normalized spacial score (nSPS) is 11.0. The Morgan fingerprint density at radius 2 is 2.00 bits per heavy atom. The van der Waals surface area contributed by atoms with Gasteiger partial charge in [0.25, 0.3) is 0 Å². The lowest BCUT2D eigenvalue weighted by atomic mass is 10.2. The predicted octanol–water partition coefficient (Wildman–Crippen LogP) is 3.35. The number of tetrazole rings is 1. The molecule has 9 heteroatoms. The first kappa shape index (κ1) is 20.0. The number of ether oxygens (including phenoxy) is 1. The van der Waals surface area contributed by atoms with E-state index in [2.05, 4.69) is 27.5 Å². The van der Waals surface area contributed by atoms with E-state index in [0.717, 1.165) is 24.1 Å². The molecule has 3 rings (SSSR count). The van der Waals surface area contributed by atoms with E-state index in [1.54, 1.807) is 16.3 Å². The Kier molecular flexibility index (Phi) is 6.41. The van der Waals surface area contributed by atoms with Gasteiger partial charge in [-0.15, -0.1) is 5.10 Å². The first-order valence-corrected chi connectivity index (χ1v) is 9.58. The zero-order chi connectivity index (χ0) is 20.1. The quantitative estimate of drug-likeness (QED) is 0.537. The maximum Gasteiger partial charge on any atom is 0.342 e. The van der Waals surface area contributed by atoms with Crippen LogP contribution >= 0.6 is 11.6 Å². The number of rotatable bonds is 8. The zero-order valence-corrected chi connectivity index (χ0v) is 17.0. The molecule has 2 heterocycles. The van der Waals surface area contributed by atoms with Gasteiger partial charge in [0.05, 0.1) is 17.9 Å². The van der Waals surface area contributed by atoms with E-state index in [0.29, 0.717) is 35.2 Å². The molecule has 0 spiro atoms.